The first kappa shape index (κ1) is 18.7. The summed E-state index contributed by atoms with van der Waals surface area (Å²) in [7, 11) is 0. The van der Waals surface area contributed by atoms with Crippen LogP contribution in [-0.4, -0.2) is 50.1 Å². The molecule has 2 aliphatic heterocycles. The molecule has 0 radical (unpaired) electrons. The minimum absolute atomic E-state index is 0. The molecule has 2 fully saturated rings. The first-order valence-corrected chi connectivity index (χ1v) is 8.46. The number of carbonyl (C=O) groups excluding carboxylic acids is 1. The lowest BCUT2D eigenvalue weighted by atomic mass is 9.97. The largest absolute Gasteiger partial charge is 0.356 e. The Kier molecular flexibility index (Phi) is 9.29. The van der Waals surface area contributed by atoms with Crippen molar-refractivity contribution in [3.8, 4) is 0 Å². The number of nitrogens with one attached hydrogen (secondary N) is 2. The molecule has 2 heterocycles. The van der Waals surface area contributed by atoms with E-state index in [4.69, 9.17) is 0 Å². The van der Waals surface area contributed by atoms with Crippen molar-refractivity contribution in [2.45, 2.75) is 45.4 Å². The van der Waals surface area contributed by atoms with E-state index in [2.05, 4.69) is 22.5 Å². The van der Waals surface area contributed by atoms with E-state index in [1.807, 2.05) is 0 Å². The summed E-state index contributed by atoms with van der Waals surface area (Å²) < 4.78 is 0. The van der Waals surface area contributed by atoms with Gasteiger partial charge in [0.1, 0.15) is 0 Å². The van der Waals surface area contributed by atoms with Crippen LogP contribution in [0.1, 0.15) is 45.4 Å². The number of carbonyl (C=O) groups is 1. The number of hydrogen-bond donors (Lipinski definition) is 2. The predicted molar refractivity (Wildman–Crippen MR) is 89.9 cm³/mol. The Balaban J connectivity index is 0.00000220. The maximum Gasteiger partial charge on any atom is 0.223 e. The van der Waals surface area contributed by atoms with Gasteiger partial charge in [0.25, 0.3) is 0 Å². The van der Waals surface area contributed by atoms with Crippen molar-refractivity contribution in [1.82, 2.24) is 15.5 Å². The summed E-state index contributed by atoms with van der Waals surface area (Å²) in [5.41, 5.74) is 0. The average molecular weight is 318 g/mol. The number of rotatable bonds is 6. The van der Waals surface area contributed by atoms with E-state index in [1.54, 1.807) is 0 Å². The third kappa shape index (κ3) is 6.98. The zero-order valence-corrected chi connectivity index (χ0v) is 14.2. The number of unbranched alkanes of at least 4 members (excludes halogenated alkanes) is 1. The molecule has 2 aliphatic rings. The molecule has 0 atom stereocenters. The summed E-state index contributed by atoms with van der Waals surface area (Å²) in [6.07, 6.45) is 7.03. The molecule has 2 saturated heterocycles. The van der Waals surface area contributed by atoms with Crippen molar-refractivity contribution in [3.05, 3.63) is 0 Å². The Labute approximate surface area is 135 Å². The molecule has 2 N–H and O–H groups in total. The molecule has 2 rings (SSSR count). The molecule has 1 amide bonds. The fraction of sp³-hybridized carbons (Fsp3) is 0.938. The standard InChI is InChI=1S/C16H31N3O.ClH/c1-14-6-12-19(13-7-14)11-3-2-8-18-16(20)15-4-9-17-10-5-15;/h14-15,17H,2-13H2,1H3,(H,18,20);1H. The van der Waals surface area contributed by atoms with Gasteiger partial charge in [-0.2, -0.15) is 0 Å². The van der Waals surface area contributed by atoms with Crippen LogP contribution < -0.4 is 10.6 Å². The van der Waals surface area contributed by atoms with Gasteiger partial charge in [-0.3, -0.25) is 4.79 Å². The second-order valence-corrected chi connectivity index (χ2v) is 6.55. The van der Waals surface area contributed by atoms with Crippen molar-refractivity contribution in [1.29, 1.82) is 0 Å². The van der Waals surface area contributed by atoms with Gasteiger partial charge in [0.05, 0.1) is 0 Å². The molecule has 0 saturated carbocycles. The molecule has 0 aromatic carbocycles. The highest BCUT2D eigenvalue weighted by Crippen LogP contribution is 2.16. The summed E-state index contributed by atoms with van der Waals surface area (Å²) in [6, 6.07) is 0. The maximum atomic E-state index is 11.9. The van der Waals surface area contributed by atoms with Crippen molar-refractivity contribution in [3.63, 3.8) is 0 Å². The first-order valence-electron chi connectivity index (χ1n) is 8.46. The van der Waals surface area contributed by atoms with Crippen molar-refractivity contribution in [2.24, 2.45) is 11.8 Å². The topological polar surface area (TPSA) is 44.4 Å². The van der Waals surface area contributed by atoms with Crippen LogP contribution >= 0.6 is 12.4 Å². The smallest absolute Gasteiger partial charge is 0.223 e. The van der Waals surface area contributed by atoms with Crippen LogP contribution in [0.15, 0.2) is 0 Å². The zero-order chi connectivity index (χ0) is 14.2. The van der Waals surface area contributed by atoms with Crippen LogP contribution in [-0.2, 0) is 4.79 Å². The highest BCUT2D eigenvalue weighted by Gasteiger charge is 2.20. The second kappa shape index (κ2) is 10.4. The SMILES string of the molecule is CC1CCN(CCCCNC(=O)C2CCNCC2)CC1.Cl. The van der Waals surface area contributed by atoms with E-state index in [-0.39, 0.29) is 24.2 Å². The molecule has 0 unspecified atom stereocenters. The van der Waals surface area contributed by atoms with Gasteiger partial charge >= 0.3 is 0 Å². The van der Waals surface area contributed by atoms with Crippen LogP contribution in [0, 0.1) is 11.8 Å². The van der Waals surface area contributed by atoms with Crippen LogP contribution in [0.2, 0.25) is 0 Å². The van der Waals surface area contributed by atoms with Gasteiger partial charge in [-0.15, -0.1) is 12.4 Å². The van der Waals surface area contributed by atoms with Gasteiger partial charge in [0, 0.05) is 12.5 Å². The third-order valence-corrected chi connectivity index (χ3v) is 4.79. The normalized spacial score (nSPS) is 21.8. The fourth-order valence-corrected chi connectivity index (χ4v) is 3.19. The molecule has 0 bridgehead atoms. The maximum absolute atomic E-state index is 11.9. The Morgan fingerprint density at radius 1 is 1.14 bits per heavy atom. The van der Waals surface area contributed by atoms with E-state index in [9.17, 15) is 4.79 Å². The van der Waals surface area contributed by atoms with Gasteiger partial charge in [0.2, 0.25) is 5.91 Å². The minimum atomic E-state index is 0. The van der Waals surface area contributed by atoms with Crippen LogP contribution in [0.5, 0.6) is 0 Å². The molecule has 4 nitrogen and oxygen atoms in total. The summed E-state index contributed by atoms with van der Waals surface area (Å²) in [5.74, 6) is 1.44. The quantitative estimate of drug-likeness (QED) is 0.737. The van der Waals surface area contributed by atoms with E-state index in [1.165, 1.54) is 38.9 Å². The number of amides is 1. The number of piperidine rings is 2. The highest BCUT2D eigenvalue weighted by atomic mass is 35.5. The Morgan fingerprint density at radius 3 is 2.48 bits per heavy atom. The van der Waals surface area contributed by atoms with Gasteiger partial charge in [0.15, 0.2) is 0 Å². The molecular formula is C16H32ClN3O. The average Bonchev–Trinajstić information content (AvgIpc) is 2.49. The second-order valence-electron chi connectivity index (χ2n) is 6.55. The molecular weight excluding hydrogens is 286 g/mol. The summed E-state index contributed by atoms with van der Waals surface area (Å²) in [4.78, 5) is 14.5. The van der Waals surface area contributed by atoms with Crippen molar-refractivity contribution < 1.29 is 4.79 Å². The Bertz CT molecular complexity index is 287. The molecule has 0 aromatic rings. The molecule has 124 valence electrons. The molecule has 0 aromatic heterocycles. The third-order valence-electron chi connectivity index (χ3n) is 4.79. The number of nitrogens with zero attached hydrogens (tertiary/aromatic N) is 1. The van der Waals surface area contributed by atoms with E-state index in [0.29, 0.717) is 0 Å². The number of likely N-dealkylation sites (tertiary alicyclic amines) is 1. The lowest BCUT2D eigenvalue weighted by Crippen LogP contribution is -2.38. The molecule has 5 heteroatoms. The van der Waals surface area contributed by atoms with Gasteiger partial charge in [-0.1, -0.05) is 6.92 Å². The fourth-order valence-electron chi connectivity index (χ4n) is 3.19. The summed E-state index contributed by atoms with van der Waals surface area (Å²) in [6.45, 7) is 8.93. The predicted octanol–water partition coefficient (Wildman–Crippen LogP) is 2.04. The Morgan fingerprint density at radius 2 is 1.81 bits per heavy atom. The zero-order valence-electron chi connectivity index (χ0n) is 13.4. The molecule has 0 spiro atoms. The summed E-state index contributed by atoms with van der Waals surface area (Å²) in [5, 5.41) is 6.41. The van der Waals surface area contributed by atoms with Crippen molar-refractivity contribution in [2.75, 3.05) is 39.3 Å². The number of hydrogen-bond acceptors (Lipinski definition) is 3. The van der Waals surface area contributed by atoms with Crippen LogP contribution in [0.3, 0.4) is 0 Å². The number of halogens is 1. The van der Waals surface area contributed by atoms with Gasteiger partial charge in [-0.05, 0) is 77.2 Å². The van der Waals surface area contributed by atoms with Crippen LogP contribution in [0.4, 0.5) is 0 Å². The van der Waals surface area contributed by atoms with E-state index >= 15 is 0 Å². The lowest BCUT2D eigenvalue weighted by Gasteiger charge is -2.30. The van der Waals surface area contributed by atoms with Gasteiger partial charge in [-0.25, -0.2) is 0 Å². The van der Waals surface area contributed by atoms with E-state index < -0.39 is 0 Å². The van der Waals surface area contributed by atoms with Crippen molar-refractivity contribution >= 4 is 18.3 Å². The minimum Gasteiger partial charge on any atom is -0.356 e. The van der Waals surface area contributed by atoms with Crippen LogP contribution in [0.25, 0.3) is 0 Å². The van der Waals surface area contributed by atoms with Gasteiger partial charge < -0.3 is 15.5 Å². The summed E-state index contributed by atoms with van der Waals surface area (Å²) >= 11 is 0. The Hall–Kier alpha value is -0.320. The van der Waals surface area contributed by atoms with E-state index in [0.717, 1.165) is 44.8 Å². The molecule has 0 aliphatic carbocycles. The molecule has 21 heavy (non-hydrogen) atoms. The monoisotopic (exact) mass is 317 g/mol. The lowest BCUT2D eigenvalue weighted by molar-refractivity contribution is -0.125. The first-order chi connectivity index (χ1) is 9.75. The highest BCUT2D eigenvalue weighted by molar-refractivity contribution is 5.85.